The maximum absolute atomic E-state index is 14.3. The Balaban J connectivity index is 1.44. The lowest BCUT2D eigenvalue weighted by atomic mass is 10.0. The molecule has 2 aromatic heterocycles. The first-order valence-electron chi connectivity index (χ1n) is 13.6. The lowest BCUT2D eigenvalue weighted by Gasteiger charge is -2.39. The molecule has 3 heterocycles. The number of hydrogen-bond acceptors (Lipinski definition) is 8. The molecular weight excluding hydrogens is 567 g/mol. The summed E-state index contributed by atoms with van der Waals surface area (Å²) >= 11 is 0. The number of hydrogen-bond donors (Lipinski definition) is 1. The van der Waals surface area contributed by atoms with Crippen LogP contribution in [0.25, 0.3) is 16.9 Å². The van der Waals surface area contributed by atoms with Crippen LogP contribution in [0, 0.1) is 6.92 Å². The number of carbonyl (C=O) groups excluding carboxylic acids is 1. The van der Waals surface area contributed by atoms with Crippen molar-refractivity contribution in [3.63, 3.8) is 0 Å². The van der Waals surface area contributed by atoms with Gasteiger partial charge in [0.25, 0.3) is 5.91 Å². The van der Waals surface area contributed by atoms with Gasteiger partial charge in [0.15, 0.2) is 22.8 Å². The Morgan fingerprint density at radius 1 is 1.00 bits per heavy atom. The van der Waals surface area contributed by atoms with Crippen LogP contribution in [0.1, 0.15) is 33.2 Å². The number of amides is 1. The molecule has 13 heteroatoms. The average molecular weight is 600 g/mol. The van der Waals surface area contributed by atoms with Crippen molar-refractivity contribution in [3.8, 4) is 28.5 Å². The second kappa shape index (κ2) is 12.1. The number of halogens is 3. The molecule has 1 N–H and O–H groups in total. The van der Waals surface area contributed by atoms with E-state index in [2.05, 4.69) is 10.1 Å². The van der Waals surface area contributed by atoms with E-state index in [1.165, 1.54) is 28.3 Å². The monoisotopic (exact) mass is 599 g/mol. The van der Waals surface area contributed by atoms with Crippen LogP contribution in [0.5, 0.6) is 17.2 Å². The highest BCUT2D eigenvalue weighted by Crippen LogP contribution is 2.38. The Kier molecular flexibility index (Phi) is 8.47. The number of nitrogens with zero attached hydrogens (tertiary/aromatic N) is 5. The number of aliphatic hydroxyl groups is 1. The topological polar surface area (TPSA) is 102 Å². The second-order valence-electron chi connectivity index (χ2n) is 10.1. The Hall–Kier alpha value is -4.36. The molecule has 1 aliphatic rings. The normalized spacial score (nSPS) is 15.0. The smallest absolute Gasteiger partial charge is 0.433 e. The van der Waals surface area contributed by atoms with E-state index in [4.69, 9.17) is 14.2 Å². The van der Waals surface area contributed by atoms with Crippen molar-refractivity contribution in [2.45, 2.75) is 19.1 Å². The predicted octanol–water partition coefficient (Wildman–Crippen LogP) is 4.24. The summed E-state index contributed by atoms with van der Waals surface area (Å²) in [7, 11) is 4.56. The Labute approximate surface area is 246 Å². The third kappa shape index (κ3) is 5.57. The van der Waals surface area contributed by atoms with E-state index in [1.807, 2.05) is 17.0 Å². The lowest BCUT2D eigenvalue weighted by Crippen LogP contribution is -2.50. The fourth-order valence-corrected chi connectivity index (χ4v) is 5.58. The molecule has 228 valence electrons. The number of fused-ring (bicyclic) bond motifs is 1. The zero-order chi connectivity index (χ0) is 30.9. The number of carbonyl (C=O) groups is 1. The van der Waals surface area contributed by atoms with Crippen molar-refractivity contribution < 1.29 is 37.3 Å². The Bertz CT molecular complexity index is 1620. The standard InChI is InChI=1S/C30H32F3N5O5/c1-18-25(19-8-10-20(41-2)11-9-19)35-28-22(16-34-38(28)27(18)30(31,32)33)29(40)37-14-12-36(13-15-37)23(17-39)21-6-5-7-24(42-3)26(21)43-4/h5-11,16,23,39H,12-15,17H2,1-4H3/t23-/m0/s1. The van der Waals surface area contributed by atoms with Crippen LogP contribution in [0.4, 0.5) is 13.2 Å². The third-order valence-electron chi connectivity index (χ3n) is 7.75. The number of ether oxygens (including phenoxy) is 3. The second-order valence-corrected chi connectivity index (χ2v) is 10.1. The quantitative estimate of drug-likeness (QED) is 0.321. The molecule has 43 heavy (non-hydrogen) atoms. The minimum Gasteiger partial charge on any atom is -0.497 e. The molecule has 1 amide bonds. The van der Waals surface area contributed by atoms with Gasteiger partial charge >= 0.3 is 6.18 Å². The van der Waals surface area contributed by atoms with Gasteiger partial charge < -0.3 is 24.2 Å². The zero-order valence-electron chi connectivity index (χ0n) is 24.2. The fraction of sp³-hybridized carbons (Fsp3) is 0.367. The van der Waals surface area contributed by atoms with Gasteiger partial charge in [-0.25, -0.2) is 9.50 Å². The minimum absolute atomic E-state index is 0.0260. The molecule has 0 saturated carbocycles. The van der Waals surface area contributed by atoms with E-state index in [0.717, 1.165) is 11.8 Å². The highest BCUT2D eigenvalue weighted by atomic mass is 19.4. The Morgan fingerprint density at radius 3 is 2.28 bits per heavy atom. The fourth-order valence-electron chi connectivity index (χ4n) is 5.58. The SMILES string of the molecule is COc1ccc(-c2nc3c(C(=O)N4CCN([C@@H](CO)c5cccc(OC)c5OC)CC4)cnn3c(C(F)(F)F)c2C)cc1. The van der Waals surface area contributed by atoms with Gasteiger partial charge in [0.05, 0.1) is 45.9 Å². The summed E-state index contributed by atoms with van der Waals surface area (Å²) < 4.78 is 59.7. The first-order valence-corrected chi connectivity index (χ1v) is 13.6. The van der Waals surface area contributed by atoms with E-state index >= 15 is 0 Å². The lowest BCUT2D eigenvalue weighted by molar-refractivity contribution is -0.143. The Morgan fingerprint density at radius 2 is 1.70 bits per heavy atom. The van der Waals surface area contributed by atoms with Crippen molar-refractivity contribution in [1.29, 1.82) is 0 Å². The predicted molar refractivity (Wildman–Crippen MR) is 152 cm³/mol. The molecule has 0 aliphatic carbocycles. The minimum atomic E-state index is -4.75. The molecule has 10 nitrogen and oxygen atoms in total. The molecular formula is C30H32F3N5O5. The highest BCUT2D eigenvalue weighted by molar-refractivity contribution is 6.00. The number of methoxy groups -OCH3 is 3. The van der Waals surface area contributed by atoms with Crippen LogP contribution >= 0.6 is 0 Å². The van der Waals surface area contributed by atoms with Gasteiger partial charge in [0.2, 0.25) is 0 Å². The van der Waals surface area contributed by atoms with Gasteiger partial charge in [-0.3, -0.25) is 9.69 Å². The summed E-state index contributed by atoms with van der Waals surface area (Å²) in [5.41, 5.74) is -0.0130. The van der Waals surface area contributed by atoms with Gasteiger partial charge in [-0.15, -0.1) is 0 Å². The molecule has 1 aliphatic heterocycles. The molecule has 5 rings (SSSR count). The highest BCUT2D eigenvalue weighted by Gasteiger charge is 2.39. The van der Waals surface area contributed by atoms with Crippen LogP contribution < -0.4 is 14.2 Å². The molecule has 0 bridgehead atoms. The van der Waals surface area contributed by atoms with Gasteiger partial charge in [-0.05, 0) is 37.3 Å². The van der Waals surface area contributed by atoms with E-state index in [-0.39, 0.29) is 42.2 Å². The summed E-state index contributed by atoms with van der Waals surface area (Å²) in [6, 6.07) is 11.5. The number of aliphatic hydroxyl groups excluding tert-OH is 1. The van der Waals surface area contributed by atoms with Crippen LogP contribution in [0.15, 0.2) is 48.7 Å². The molecule has 1 saturated heterocycles. The molecule has 1 fully saturated rings. The summed E-state index contributed by atoms with van der Waals surface area (Å²) in [5.74, 6) is 1.13. The molecule has 0 radical (unpaired) electrons. The first-order chi connectivity index (χ1) is 20.6. The number of rotatable bonds is 8. The summed E-state index contributed by atoms with van der Waals surface area (Å²) in [6.45, 7) is 2.53. The molecule has 4 aromatic rings. The van der Waals surface area contributed by atoms with Crippen molar-refractivity contribution >= 4 is 11.6 Å². The van der Waals surface area contributed by atoms with Crippen molar-refractivity contribution in [2.75, 3.05) is 54.1 Å². The molecule has 2 aromatic carbocycles. The molecule has 0 unspecified atom stereocenters. The maximum atomic E-state index is 14.3. The molecule has 1 atom stereocenters. The summed E-state index contributed by atoms with van der Waals surface area (Å²) in [6.07, 6.45) is -3.61. The summed E-state index contributed by atoms with van der Waals surface area (Å²) in [5, 5.41) is 14.2. The van der Waals surface area contributed by atoms with Crippen molar-refractivity contribution in [2.24, 2.45) is 0 Å². The largest absolute Gasteiger partial charge is 0.497 e. The number of benzene rings is 2. The first kappa shape index (κ1) is 30.1. The maximum Gasteiger partial charge on any atom is 0.433 e. The number of piperazine rings is 1. The van der Waals surface area contributed by atoms with Gasteiger partial charge in [0.1, 0.15) is 11.3 Å². The van der Waals surface area contributed by atoms with E-state index < -0.39 is 23.8 Å². The number of para-hydroxylation sites is 1. The van der Waals surface area contributed by atoms with E-state index in [1.54, 1.807) is 35.2 Å². The summed E-state index contributed by atoms with van der Waals surface area (Å²) in [4.78, 5) is 21.8. The number of aromatic nitrogens is 3. The average Bonchev–Trinajstić information content (AvgIpc) is 3.43. The van der Waals surface area contributed by atoms with Gasteiger partial charge in [-0.2, -0.15) is 18.3 Å². The van der Waals surface area contributed by atoms with Gasteiger partial charge in [-0.1, -0.05) is 12.1 Å². The van der Waals surface area contributed by atoms with Crippen LogP contribution in [-0.4, -0.2) is 89.5 Å². The number of alkyl halides is 3. The molecule has 0 spiro atoms. The van der Waals surface area contributed by atoms with Gasteiger partial charge in [0, 0.05) is 42.9 Å². The third-order valence-corrected chi connectivity index (χ3v) is 7.75. The van der Waals surface area contributed by atoms with E-state index in [9.17, 15) is 23.1 Å². The van der Waals surface area contributed by atoms with Crippen LogP contribution in [0.2, 0.25) is 0 Å². The van der Waals surface area contributed by atoms with Crippen molar-refractivity contribution in [3.05, 3.63) is 71.0 Å². The van der Waals surface area contributed by atoms with Crippen LogP contribution in [0.3, 0.4) is 0 Å². The van der Waals surface area contributed by atoms with E-state index in [0.29, 0.717) is 40.4 Å². The zero-order valence-corrected chi connectivity index (χ0v) is 24.2. The van der Waals surface area contributed by atoms with Crippen molar-refractivity contribution in [1.82, 2.24) is 24.4 Å². The van der Waals surface area contributed by atoms with Crippen LogP contribution in [-0.2, 0) is 6.18 Å².